The monoisotopic (exact) mass is 357 g/mol. The number of halogens is 1. The van der Waals surface area contributed by atoms with Gasteiger partial charge in [0.25, 0.3) is 5.91 Å². The Kier molecular flexibility index (Phi) is 6.05. The van der Waals surface area contributed by atoms with Gasteiger partial charge in [0.2, 0.25) is 0 Å². The van der Waals surface area contributed by atoms with E-state index in [0.717, 1.165) is 22.2 Å². The summed E-state index contributed by atoms with van der Waals surface area (Å²) in [5.41, 5.74) is 1.77. The van der Waals surface area contributed by atoms with E-state index in [0.29, 0.717) is 12.1 Å². The fraction of sp³-hybridized carbons (Fsp3) is 0.167. The number of hydrogen-bond donors (Lipinski definition) is 1. The quantitative estimate of drug-likeness (QED) is 0.804. The fourth-order valence-corrected chi connectivity index (χ4v) is 2.33. The lowest BCUT2D eigenvalue weighted by Crippen LogP contribution is -2.25. The van der Waals surface area contributed by atoms with E-state index in [1.54, 1.807) is 12.1 Å². The zero-order chi connectivity index (χ0) is 15.8. The van der Waals surface area contributed by atoms with Crippen LogP contribution in [0.25, 0.3) is 0 Å². The van der Waals surface area contributed by atoms with Crippen molar-refractivity contribution in [2.75, 3.05) is 13.2 Å². The third-order valence-electron chi connectivity index (χ3n) is 3.03. The zero-order valence-corrected chi connectivity index (χ0v) is 13.6. The van der Waals surface area contributed by atoms with E-state index in [4.69, 9.17) is 11.2 Å². The molecule has 4 heteroatoms. The number of carbonyl (C=O) groups excluding carboxylic acids is 1. The molecule has 112 valence electrons. The standard InChI is InChI=1S/C18H16BrNO2/c1-2-12-22-17-8-6-14(7-9-17)10-11-20-18(21)15-4-3-5-16(19)13-15/h1,3-9,13H,10-12H2,(H,20,21). The molecule has 0 aromatic heterocycles. The molecule has 0 aliphatic rings. The van der Waals surface area contributed by atoms with E-state index in [1.165, 1.54) is 0 Å². The zero-order valence-electron chi connectivity index (χ0n) is 12.0. The highest BCUT2D eigenvalue weighted by molar-refractivity contribution is 9.10. The van der Waals surface area contributed by atoms with E-state index < -0.39 is 0 Å². The highest BCUT2D eigenvalue weighted by Crippen LogP contribution is 2.13. The van der Waals surface area contributed by atoms with Gasteiger partial charge < -0.3 is 10.1 Å². The highest BCUT2D eigenvalue weighted by Gasteiger charge is 2.05. The van der Waals surface area contributed by atoms with Crippen LogP contribution in [-0.2, 0) is 6.42 Å². The number of terminal acetylenes is 1. The molecule has 22 heavy (non-hydrogen) atoms. The van der Waals surface area contributed by atoms with Gasteiger partial charge >= 0.3 is 0 Å². The minimum absolute atomic E-state index is 0.0738. The second-order valence-corrected chi connectivity index (χ2v) is 5.57. The lowest BCUT2D eigenvalue weighted by atomic mass is 10.1. The molecule has 0 unspecified atom stereocenters. The van der Waals surface area contributed by atoms with Crippen LogP contribution in [0.15, 0.2) is 53.0 Å². The van der Waals surface area contributed by atoms with E-state index >= 15 is 0 Å². The number of ether oxygens (including phenoxy) is 1. The summed E-state index contributed by atoms with van der Waals surface area (Å²) in [5.74, 6) is 3.10. The van der Waals surface area contributed by atoms with Crippen LogP contribution in [0.4, 0.5) is 0 Å². The number of carbonyl (C=O) groups is 1. The molecule has 0 fully saturated rings. The Hall–Kier alpha value is -2.25. The second-order valence-electron chi connectivity index (χ2n) is 4.65. The molecule has 2 aromatic carbocycles. The topological polar surface area (TPSA) is 38.3 Å². The first-order chi connectivity index (χ1) is 10.7. The fourth-order valence-electron chi connectivity index (χ4n) is 1.93. The predicted octanol–water partition coefficient (Wildman–Crippen LogP) is 3.43. The Morgan fingerprint density at radius 2 is 2.00 bits per heavy atom. The largest absolute Gasteiger partial charge is 0.481 e. The van der Waals surface area contributed by atoms with Crippen molar-refractivity contribution in [3.63, 3.8) is 0 Å². The molecule has 2 aromatic rings. The summed E-state index contributed by atoms with van der Waals surface area (Å²) < 4.78 is 6.20. The minimum Gasteiger partial charge on any atom is -0.481 e. The molecular weight excluding hydrogens is 342 g/mol. The number of nitrogens with one attached hydrogen (secondary N) is 1. The molecule has 0 aliphatic carbocycles. The normalized spacial score (nSPS) is 9.82. The Morgan fingerprint density at radius 1 is 1.23 bits per heavy atom. The van der Waals surface area contributed by atoms with Crippen LogP contribution < -0.4 is 10.1 Å². The van der Waals surface area contributed by atoms with Gasteiger partial charge in [-0.25, -0.2) is 0 Å². The van der Waals surface area contributed by atoms with Crippen LogP contribution >= 0.6 is 15.9 Å². The van der Waals surface area contributed by atoms with Gasteiger partial charge in [-0.2, -0.15) is 0 Å². The van der Waals surface area contributed by atoms with Crippen LogP contribution in [0, 0.1) is 12.3 Å². The first-order valence-electron chi connectivity index (χ1n) is 6.88. The van der Waals surface area contributed by atoms with E-state index in [-0.39, 0.29) is 12.5 Å². The van der Waals surface area contributed by atoms with Gasteiger partial charge in [-0.15, -0.1) is 6.42 Å². The van der Waals surface area contributed by atoms with Crippen molar-refractivity contribution < 1.29 is 9.53 Å². The van der Waals surface area contributed by atoms with Gasteiger partial charge in [-0.05, 0) is 42.3 Å². The van der Waals surface area contributed by atoms with Crippen LogP contribution in [-0.4, -0.2) is 19.1 Å². The Bertz CT molecular complexity index is 674. The molecule has 0 saturated heterocycles. The average molecular weight is 358 g/mol. The molecule has 1 amide bonds. The summed E-state index contributed by atoms with van der Waals surface area (Å²) in [6.07, 6.45) is 5.90. The smallest absolute Gasteiger partial charge is 0.251 e. The van der Waals surface area contributed by atoms with Gasteiger partial charge in [0.05, 0.1) is 0 Å². The molecule has 0 radical (unpaired) electrons. The molecule has 1 N–H and O–H groups in total. The van der Waals surface area contributed by atoms with E-state index in [9.17, 15) is 4.79 Å². The molecule has 0 heterocycles. The highest BCUT2D eigenvalue weighted by atomic mass is 79.9. The molecule has 0 spiro atoms. The Labute approximate surface area is 138 Å². The van der Waals surface area contributed by atoms with Gasteiger partial charge in [0.1, 0.15) is 12.4 Å². The summed E-state index contributed by atoms with van der Waals surface area (Å²) in [7, 11) is 0. The number of rotatable bonds is 6. The van der Waals surface area contributed by atoms with E-state index in [1.807, 2.05) is 36.4 Å². The summed E-state index contributed by atoms with van der Waals surface area (Å²) in [6.45, 7) is 0.845. The summed E-state index contributed by atoms with van der Waals surface area (Å²) in [6, 6.07) is 15.0. The summed E-state index contributed by atoms with van der Waals surface area (Å²) in [5, 5.41) is 2.91. The van der Waals surface area contributed by atoms with Gasteiger partial charge in [-0.1, -0.05) is 40.0 Å². The predicted molar refractivity (Wildman–Crippen MR) is 90.9 cm³/mol. The minimum atomic E-state index is -0.0738. The van der Waals surface area contributed by atoms with Gasteiger partial charge in [0, 0.05) is 16.6 Å². The Balaban J connectivity index is 1.81. The second kappa shape index (κ2) is 8.26. The van der Waals surface area contributed by atoms with Crippen molar-refractivity contribution >= 4 is 21.8 Å². The molecule has 0 aliphatic heterocycles. The maximum Gasteiger partial charge on any atom is 0.251 e. The number of amides is 1. The van der Waals surface area contributed by atoms with Crippen molar-refractivity contribution in [1.82, 2.24) is 5.32 Å². The first-order valence-corrected chi connectivity index (χ1v) is 7.67. The third-order valence-corrected chi connectivity index (χ3v) is 3.52. The maximum absolute atomic E-state index is 12.0. The number of benzene rings is 2. The Morgan fingerprint density at radius 3 is 2.68 bits per heavy atom. The van der Waals surface area contributed by atoms with Crippen molar-refractivity contribution in [2.24, 2.45) is 0 Å². The summed E-state index contributed by atoms with van der Waals surface area (Å²) in [4.78, 5) is 12.0. The van der Waals surface area contributed by atoms with Crippen LogP contribution in [0.1, 0.15) is 15.9 Å². The summed E-state index contributed by atoms with van der Waals surface area (Å²) >= 11 is 3.36. The van der Waals surface area contributed by atoms with Crippen LogP contribution in [0.2, 0.25) is 0 Å². The lowest BCUT2D eigenvalue weighted by molar-refractivity contribution is 0.0954. The van der Waals surface area contributed by atoms with Crippen LogP contribution in [0.5, 0.6) is 5.75 Å². The SMILES string of the molecule is C#CCOc1ccc(CCNC(=O)c2cccc(Br)c2)cc1. The number of hydrogen-bond acceptors (Lipinski definition) is 2. The van der Waals surface area contributed by atoms with Crippen LogP contribution in [0.3, 0.4) is 0 Å². The van der Waals surface area contributed by atoms with Crippen molar-refractivity contribution in [2.45, 2.75) is 6.42 Å². The van der Waals surface area contributed by atoms with Crippen molar-refractivity contribution in [3.05, 3.63) is 64.1 Å². The molecule has 0 atom stereocenters. The van der Waals surface area contributed by atoms with Gasteiger partial charge in [-0.3, -0.25) is 4.79 Å². The maximum atomic E-state index is 12.0. The first kappa shape index (κ1) is 16.1. The lowest BCUT2D eigenvalue weighted by Gasteiger charge is -2.07. The van der Waals surface area contributed by atoms with E-state index in [2.05, 4.69) is 27.2 Å². The molecule has 0 saturated carbocycles. The van der Waals surface area contributed by atoms with Gasteiger partial charge in [0.15, 0.2) is 0 Å². The average Bonchev–Trinajstić information content (AvgIpc) is 2.54. The molecule has 2 rings (SSSR count). The van der Waals surface area contributed by atoms with Crippen molar-refractivity contribution in [1.29, 1.82) is 0 Å². The molecule has 0 bridgehead atoms. The van der Waals surface area contributed by atoms with Crippen molar-refractivity contribution in [3.8, 4) is 18.1 Å². The molecular formula is C18H16BrNO2. The third kappa shape index (κ3) is 4.94. The molecule has 3 nitrogen and oxygen atoms in total.